The van der Waals surface area contributed by atoms with Crippen molar-refractivity contribution in [1.29, 1.82) is 0 Å². The van der Waals surface area contributed by atoms with E-state index in [4.69, 9.17) is 14.2 Å². The molecule has 9 heteroatoms. The fourth-order valence-corrected chi connectivity index (χ4v) is 4.59. The maximum atomic E-state index is 15.0. The van der Waals surface area contributed by atoms with Gasteiger partial charge >= 0.3 is 12.1 Å². The number of benzene rings is 3. The van der Waals surface area contributed by atoms with E-state index in [0.717, 1.165) is 17.6 Å². The van der Waals surface area contributed by atoms with Crippen LogP contribution < -0.4 is 4.74 Å². The SMILES string of the molecule is CCOC(=O)/C(C)=C/[C@H](Cc1ccccc1)N(Cc1ccc(OC)cc1)C(=O)[C@@](OC)(c1ccccc1)C(F)(F)F. The van der Waals surface area contributed by atoms with Crippen molar-refractivity contribution in [3.63, 3.8) is 0 Å². The van der Waals surface area contributed by atoms with Crippen LogP contribution in [-0.2, 0) is 37.6 Å². The summed E-state index contributed by atoms with van der Waals surface area (Å²) in [5.74, 6) is -1.39. The smallest absolute Gasteiger partial charge is 0.430 e. The van der Waals surface area contributed by atoms with Gasteiger partial charge in [0.15, 0.2) is 0 Å². The van der Waals surface area contributed by atoms with Crippen molar-refractivity contribution in [3.8, 4) is 5.75 Å². The number of hydrogen-bond acceptors (Lipinski definition) is 5. The normalized spacial score (nSPS) is 14.1. The first-order chi connectivity index (χ1) is 19.6. The molecule has 6 nitrogen and oxygen atoms in total. The molecule has 0 saturated carbocycles. The molecular weight excluding hydrogens is 535 g/mol. The van der Waals surface area contributed by atoms with E-state index in [2.05, 4.69) is 0 Å². The summed E-state index contributed by atoms with van der Waals surface area (Å²) in [6, 6.07) is 21.5. The fraction of sp³-hybridized carbons (Fsp3) is 0.312. The maximum Gasteiger partial charge on any atom is 0.430 e. The molecule has 0 fully saturated rings. The molecule has 218 valence electrons. The molecule has 0 aliphatic rings. The summed E-state index contributed by atoms with van der Waals surface area (Å²) < 4.78 is 60.5. The van der Waals surface area contributed by atoms with E-state index in [1.807, 2.05) is 6.07 Å². The van der Waals surface area contributed by atoms with Crippen molar-refractivity contribution in [2.24, 2.45) is 0 Å². The Morgan fingerprint density at radius 1 is 0.878 bits per heavy atom. The van der Waals surface area contributed by atoms with Gasteiger partial charge < -0.3 is 19.1 Å². The first kappa shape index (κ1) is 31.4. The number of ether oxygens (including phenoxy) is 3. The standard InChI is InChI=1S/C32H34F3NO5/c1-5-41-29(37)23(2)20-27(21-24-12-8-6-9-13-24)36(22-25-16-18-28(39-3)19-17-25)30(38)31(40-4,32(33,34)35)26-14-10-7-11-15-26/h6-20,27H,5,21-22H2,1-4H3/b23-20+/t27-,31+/m1/s1. The second-order valence-corrected chi connectivity index (χ2v) is 9.36. The number of carbonyl (C=O) groups excluding carboxylic acids is 2. The number of amides is 1. The zero-order valence-corrected chi connectivity index (χ0v) is 23.5. The molecule has 1 amide bonds. The molecule has 0 saturated heterocycles. The maximum absolute atomic E-state index is 15.0. The van der Waals surface area contributed by atoms with Crippen molar-refractivity contribution in [3.05, 3.63) is 113 Å². The molecular formula is C32H34F3NO5. The molecule has 0 bridgehead atoms. The lowest BCUT2D eigenvalue weighted by molar-refractivity contribution is -0.271. The van der Waals surface area contributed by atoms with E-state index in [9.17, 15) is 9.59 Å². The van der Waals surface area contributed by atoms with Crippen LogP contribution in [0.25, 0.3) is 0 Å². The van der Waals surface area contributed by atoms with E-state index >= 15 is 13.2 Å². The Morgan fingerprint density at radius 3 is 1.98 bits per heavy atom. The van der Waals surface area contributed by atoms with Gasteiger partial charge in [0, 0.05) is 24.8 Å². The van der Waals surface area contributed by atoms with Crippen LogP contribution in [0.15, 0.2) is 96.6 Å². The molecule has 0 aromatic heterocycles. The Kier molecular flexibility index (Phi) is 10.7. The fourth-order valence-electron chi connectivity index (χ4n) is 4.59. The van der Waals surface area contributed by atoms with Gasteiger partial charge in [0.05, 0.1) is 19.8 Å². The van der Waals surface area contributed by atoms with Crippen LogP contribution in [0.3, 0.4) is 0 Å². The predicted octanol–water partition coefficient (Wildman–Crippen LogP) is 6.25. The van der Waals surface area contributed by atoms with Gasteiger partial charge in [-0.2, -0.15) is 13.2 Å². The molecule has 3 aromatic rings. The molecule has 0 unspecified atom stereocenters. The Labute approximate surface area is 238 Å². The van der Waals surface area contributed by atoms with Gasteiger partial charge in [0.1, 0.15) is 5.75 Å². The van der Waals surface area contributed by atoms with E-state index in [1.54, 1.807) is 61.5 Å². The van der Waals surface area contributed by atoms with Crippen LogP contribution in [0.2, 0.25) is 0 Å². The third kappa shape index (κ3) is 7.35. The van der Waals surface area contributed by atoms with Crippen molar-refractivity contribution in [2.75, 3.05) is 20.8 Å². The number of hydrogen-bond donors (Lipinski definition) is 0. The average molecular weight is 570 g/mol. The van der Waals surface area contributed by atoms with Crippen molar-refractivity contribution >= 4 is 11.9 Å². The van der Waals surface area contributed by atoms with Gasteiger partial charge in [-0.05, 0) is 43.5 Å². The van der Waals surface area contributed by atoms with Gasteiger partial charge in [-0.15, -0.1) is 0 Å². The van der Waals surface area contributed by atoms with Gasteiger partial charge in [0.25, 0.3) is 11.5 Å². The highest BCUT2D eigenvalue weighted by Gasteiger charge is 2.64. The van der Waals surface area contributed by atoms with E-state index < -0.39 is 29.7 Å². The van der Waals surface area contributed by atoms with E-state index in [-0.39, 0.29) is 30.7 Å². The Hall–Kier alpha value is -4.11. The van der Waals surface area contributed by atoms with Gasteiger partial charge in [-0.25, -0.2) is 4.79 Å². The number of halogens is 3. The van der Waals surface area contributed by atoms with Gasteiger partial charge in [-0.3, -0.25) is 4.79 Å². The molecule has 0 heterocycles. The molecule has 0 aliphatic carbocycles. The van der Waals surface area contributed by atoms with Crippen LogP contribution in [0.4, 0.5) is 13.2 Å². The third-order valence-electron chi connectivity index (χ3n) is 6.69. The largest absolute Gasteiger partial charge is 0.497 e. The lowest BCUT2D eigenvalue weighted by Crippen LogP contribution is -2.58. The summed E-state index contributed by atoms with van der Waals surface area (Å²) in [5.41, 5.74) is -2.19. The lowest BCUT2D eigenvalue weighted by Gasteiger charge is -2.40. The zero-order valence-electron chi connectivity index (χ0n) is 23.5. The summed E-state index contributed by atoms with van der Waals surface area (Å²) in [6.45, 7) is 3.08. The topological polar surface area (TPSA) is 65.1 Å². The summed E-state index contributed by atoms with van der Waals surface area (Å²) in [5, 5.41) is 0. The molecule has 0 spiro atoms. The summed E-state index contributed by atoms with van der Waals surface area (Å²) in [7, 11) is 2.37. The minimum Gasteiger partial charge on any atom is -0.497 e. The highest BCUT2D eigenvalue weighted by Crippen LogP contribution is 2.44. The molecule has 3 rings (SSSR count). The Balaban J connectivity index is 2.24. The average Bonchev–Trinajstić information content (AvgIpc) is 2.97. The second kappa shape index (κ2) is 14.0. The first-order valence-corrected chi connectivity index (χ1v) is 13.1. The number of methoxy groups -OCH3 is 2. The zero-order chi connectivity index (χ0) is 30.0. The third-order valence-corrected chi connectivity index (χ3v) is 6.69. The molecule has 3 aromatic carbocycles. The van der Waals surface area contributed by atoms with Crippen LogP contribution in [0, 0.1) is 0 Å². The number of esters is 1. The number of carbonyl (C=O) groups is 2. The van der Waals surface area contributed by atoms with Crippen molar-refractivity contribution < 1.29 is 37.0 Å². The number of rotatable bonds is 12. The van der Waals surface area contributed by atoms with E-state index in [0.29, 0.717) is 11.3 Å². The number of alkyl halides is 3. The van der Waals surface area contributed by atoms with Crippen molar-refractivity contribution in [2.45, 2.75) is 44.6 Å². The van der Waals surface area contributed by atoms with Crippen LogP contribution >= 0.6 is 0 Å². The van der Waals surface area contributed by atoms with Gasteiger partial charge in [-0.1, -0.05) is 78.9 Å². The van der Waals surface area contributed by atoms with Crippen LogP contribution in [0.5, 0.6) is 5.75 Å². The van der Waals surface area contributed by atoms with Crippen LogP contribution in [-0.4, -0.2) is 49.8 Å². The monoisotopic (exact) mass is 569 g/mol. The first-order valence-electron chi connectivity index (χ1n) is 13.1. The highest BCUT2D eigenvalue weighted by molar-refractivity contribution is 5.90. The molecule has 0 N–H and O–H groups in total. The summed E-state index contributed by atoms with van der Waals surface area (Å²) >= 11 is 0. The summed E-state index contributed by atoms with van der Waals surface area (Å²) in [4.78, 5) is 28.1. The summed E-state index contributed by atoms with van der Waals surface area (Å²) in [6.07, 6.45) is -3.50. The van der Waals surface area contributed by atoms with E-state index in [1.165, 1.54) is 44.4 Å². The molecule has 0 aliphatic heterocycles. The predicted molar refractivity (Wildman–Crippen MR) is 149 cm³/mol. The Bertz CT molecular complexity index is 1310. The van der Waals surface area contributed by atoms with Crippen LogP contribution in [0.1, 0.15) is 30.5 Å². The highest BCUT2D eigenvalue weighted by atomic mass is 19.4. The molecule has 2 atom stereocenters. The Morgan fingerprint density at radius 2 is 1.46 bits per heavy atom. The minimum absolute atomic E-state index is 0.122. The molecule has 41 heavy (non-hydrogen) atoms. The number of nitrogens with zero attached hydrogens (tertiary/aromatic N) is 1. The second-order valence-electron chi connectivity index (χ2n) is 9.36. The minimum atomic E-state index is -5.12. The van der Waals surface area contributed by atoms with Crippen molar-refractivity contribution in [1.82, 2.24) is 4.90 Å². The lowest BCUT2D eigenvalue weighted by atomic mass is 9.89. The van der Waals surface area contributed by atoms with Gasteiger partial charge in [0.2, 0.25) is 0 Å². The molecule has 0 radical (unpaired) electrons. The quantitative estimate of drug-likeness (QED) is 0.191.